The van der Waals surface area contributed by atoms with Crippen LogP contribution in [-0.4, -0.2) is 11.7 Å². The van der Waals surface area contributed by atoms with Crippen molar-refractivity contribution in [3.05, 3.63) is 42.0 Å². The summed E-state index contributed by atoms with van der Waals surface area (Å²) in [6.07, 6.45) is 4.76. The summed E-state index contributed by atoms with van der Waals surface area (Å²) in [5.74, 6) is -0.0850. The molecule has 0 aliphatic heterocycles. The molecule has 3 heteroatoms. The monoisotopic (exact) mass is 229 g/mol. The van der Waals surface area contributed by atoms with E-state index in [2.05, 4.69) is 11.9 Å². The summed E-state index contributed by atoms with van der Waals surface area (Å²) in [4.78, 5) is 23.1. The highest BCUT2D eigenvalue weighted by Gasteiger charge is 2.15. The number of hydrogen-bond acceptors (Lipinski definition) is 2. The number of anilines is 1. The maximum absolute atomic E-state index is 11.9. The fourth-order valence-corrected chi connectivity index (χ4v) is 2.06. The maximum Gasteiger partial charge on any atom is 0.247 e. The molecule has 1 aliphatic rings. The van der Waals surface area contributed by atoms with Crippen LogP contribution in [0.15, 0.2) is 30.9 Å². The molecule has 0 saturated carbocycles. The van der Waals surface area contributed by atoms with Crippen molar-refractivity contribution in [3.8, 4) is 0 Å². The van der Waals surface area contributed by atoms with Crippen molar-refractivity contribution in [2.75, 3.05) is 5.32 Å². The van der Waals surface area contributed by atoms with E-state index in [4.69, 9.17) is 0 Å². The van der Waals surface area contributed by atoms with Gasteiger partial charge in [-0.1, -0.05) is 12.6 Å². The second-order valence-electron chi connectivity index (χ2n) is 4.20. The van der Waals surface area contributed by atoms with Crippen LogP contribution in [0, 0.1) is 0 Å². The minimum Gasteiger partial charge on any atom is -0.323 e. The van der Waals surface area contributed by atoms with Gasteiger partial charge in [0.05, 0.1) is 0 Å². The first-order valence-corrected chi connectivity index (χ1v) is 5.80. The molecule has 0 spiro atoms. The number of hydrogen-bond donors (Lipinski definition) is 1. The Morgan fingerprint density at radius 1 is 1.29 bits per heavy atom. The van der Waals surface area contributed by atoms with E-state index < -0.39 is 0 Å². The molecule has 1 aliphatic carbocycles. The number of benzene rings is 1. The maximum atomic E-state index is 11.9. The van der Waals surface area contributed by atoms with Crippen molar-refractivity contribution in [2.45, 2.75) is 25.7 Å². The van der Waals surface area contributed by atoms with Crippen LogP contribution in [0.2, 0.25) is 0 Å². The SMILES string of the molecule is C=CC(=O)Nc1ccc2c(c1)C(=O)CCCC2. The van der Waals surface area contributed by atoms with E-state index in [0.29, 0.717) is 12.1 Å². The number of Topliss-reactive ketones (excluding diaryl/α,β-unsaturated/α-hetero) is 1. The van der Waals surface area contributed by atoms with Crippen LogP contribution < -0.4 is 5.32 Å². The molecule has 0 unspecified atom stereocenters. The lowest BCUT2D eigenvalue weighted by Crippen LogP contribution is -2.09. The van der Waals surface area contributed by atoms with Crippen molar-refractivity contribution < 1.29 is 9.59 Å². The third kappa shape index (κ3) is 2.61. The first kappa shape index (κ1) is 11.6. The molecule has 0 radical (unpaired) electrons. The van der Waals surface area contributed by atoms with Gasteiger partial charge in [0.25, 0.3) is 0 Å². The van der Waals surface area contributed by atoms with E-state index in [1.54, 1.807) is 6.07 Å². The predicted octanol–water partition coefficient (Wildman–Crippen LogP) is 2.72. The molecule has 17 heavy (non-hydrogen) atoms. The molecule has 2 rings (SSSR count). The van der Waals surface area contributed by atoms with Crippen molar-refractivity contribution in [2.24, 2.45) is 0 Å². The molecule has 0 atom stereocenters. The Kier molecular flexibility index (Phi) is 3.38. The van der Waals surface area contributed by atoms with Gasteiger partial charge in [-0.25, -0.2) is 0 Å². The molecular formula is C14H15NO2. The van der Waals surface area contributed by atoms with Crippen LogP contribution in [0.25, 0.3) is 0 Å². The van der Waals surface area contributed by atoms with Gasteiger partial charge in [-0.05, 0) is 43.0 Å². The molecule has 0 heterocycles. The number of rotatable bonds is 2. The predicted molar refractivity (Wildman–Crippen MR) is 67.2 cm³/mol. The van der Waals surface area contributed by atoms with E-state index in [-0.39, 0.29) is 11.7 Å². The lowest BCUT2D eigenvalue weighted by Gasteiger charge is -2.08. The summed E-state index contributed by atoms with van der Waals surface area (Å²) in [7, 11) is 0. The summed E-state index contributed by atoms with van der Waals surface area (Å²) in [5.41, 5.74) is 2.50. The molecule has 1 aromatic rings. The van der Waals surface area contributed by atoms with E-state index in [1.807, 2.05) is 12.1 Å². The Balaban J connectivity index is 2.31. The lowest BCUT2D eigenvalue weighted by molar-refractivity contribution is -0.111. The molecule has 1 N–H and O–H groups in total. The third-order valence-electron chi connectivity index (χ3n) is 2.96. The van der Waals surface area contributed by atoms with Gasteiger partial charge < -0.3 is 5.32 Å². The largest absolute Gasteiger partial charge is 0.323 e. The van der Waals surface area contributed by atoms with Crippen molar-refractivity contribution in [3.63, 3.8) is 0 Å². The number of amides is 1. The molecule has 88 valence electrons. The van der Waals surface area contributed by atoms with Gasteiger partial charge in [0.1, 0.15) is 0 Å². The average molecular weight is 229 g/mol. The van der Waals surface area contributed by atoms with E-state index in [1.165, 1.54) is 6.08 Å². The van der Waals surface area contributed by atoms with Crippen LogP contribution in [0.1, 0.15) is 35.2 Å². The summed E-state index contributed by atoms with van der Waals surface area (Å²) < 4.78 is 0. The van der Waals surface area contributed by atoms with Gasteiger partial charge in [-0.2, -0.15) is 0 Å². The quantitative estimate of drug-likeness (QED) is 0.626. The molecule has 3 nitrogen and oxygen atoms in total. The van der Waals surface area contributed by atoms with Crippen molar-refractivity contribution in [1.82, 2.24) is 0 Å². The van der Waals surface area contributed by atoms with Crippen LogP contribution >= 0.6 is 0 Å². The van der Waals surface area contributed by atoms with Crippen LogP contribution in [0.5, 0.6) is 0 Å². The second-order valence-corrected chi connectivity index (χ2v) is 4.20. The zero-order valence-electron chi connectivity index (χ0n) is 9.66. The highest BCUT2D eigenvalue weighted by Crippen LogP contribution is 2.23. The minimum absolute atomic E-state index is 0.173. The minimum atomic E-state index is -0.258. The zero-order chi connectivity index (χ0) is 12.3. The normalized spacial score (nSPS) is 14.7. The van der Waals surface area contributed by atoms with Gasteiger partial charge in [-0.15, -0.1) is 0 Å². The fraction of sp³-hybridized carbons (Fsp3) is 0.286. The second kappa shape index (κ2) is 4.95. The number of fused-ring (bicyclic) bond motifs is 1. The number of nitrogens with one attached hydrogen (secondary N) is 1. The topological polar surface area (TPSA) is 46.2 Å². The Morgan fingerprint density at radius 2 is 2.06 bits per heavy atom. The Bertz CT molecular complexity index is 477. The van der Waals surface area contributed by atoms with E-state index in [0.717, 1.165) is 30.4 Å². The van der Waals surface area contributed by atoms with Crippen molar-refractivity contribution in [1.29, 1.82) is 0 Å². The number of carbonyl (C=O) groups is 2. The van der Waals surface area contributed by atoms with Crippen LogP contribution in [-0.2, 0) is 11.2 Å². The Morgan fingerprint density at radius 3 is 2.82 bits per heavy atom. The Labute approximate surface area is 101 Å². The summed E-state index contributed by atoms with van der Waals surface area (Å²) >= 11 is 0. The van der Waals surface area contributed by atoms with Gasteiger partial charge >= 0.3 is 0 Å². The van der Waals surface area contributed by atoms with Crippen LogP contribution in [0.4, 0.5) is 5.69 Å². The standard InChI is InChI=1S/C14H15NO2/c1-2-14(17)15-11-8-7-10-5-3-4-6-13(16)12(10)9-11/h2,7-9H,1,3-6H2,(H,15,17). The smallest absolute Gasteiger partial charge is 0.247 e. The molecule has 0 saturated heterocycles. The highest BCUT2D eigenvalue weighted by atomic mass is 16.1. The first-order valence-electron chi connectivity index (χ1n) is 5.80. The molecule has 0 aromatic heterocycles. The molecule has 1 aromatic carbocycles. The van der Waals surface area contributed by atoms with Gasteiger partial charge in [0.15, 0.2) is 5.78 Å². The van der Waals surface area contributed by atoms with E-state index >= 15 is 0 Å². The number of carbonyl (C=O) groups excluding carboxylic acids is 2. The van der Waals surface area contributed by atoms with Gasteiger partial charge in [0.2, 0.25) is 5.91 Å². The zero-order valence-corrected chi connectivity index (χ0v) is 9.66. The summed E-state index contributed by atoms with van der Waals surface area (Å²) in [6.45, 7) is 3.40. The fourth-order valence-electron chi connectivity index (χ4n) is 2.06. The first-order chi connectivity index (χ1) is 8.20. The molecule has 1 amide bonds. The third-order valence-corrected chi connectivity index (χ3v) is 2.96. The number of ketones is 1. The highest BCUT2D eigenvalue weighted by molar-refractivity contribution is 6.02. The lowest BCUT2D eigenvalue weighted by atomic mass is 10.0. The summed E-state index contributed by atoms with van der Waals surface area (Å²) in [6, 6.07) is 5.53. The number of aryl methyl sites for hydroxylation is 1. The van der Waals surface area contributed by atoms with Crippen LogP contribution in [0.3, 0.4) is 0 Å². The van der Waals surface area contributed by atoms with Gasteiger partial charge in [0, 0.05) is 17.7 Å². The Hall–Kier alpha value is -1.90. The van der Waals surface area contributed by atoms with Gasteiger partial charge in [-0.3, -0.25) is 9.59 Å². The molecular weight excluding hydrogens is 214 g/mol. The van der Waals surface area contributed by atoms with E-state index in [9.17, 15) is 9.59 Å². The molecule has 0 fully saturated rings. The average Bonchev–Trinajstić information content (AvgIpc) is 2.52. The summed E-state index contributed by atoms with van der Waals surface area (Å²) in [5, 5.41) is 2.67. The molecule has 0 bridgehead atoms. The van der Waals surface area contributed by atoms with Crippen molar-refractivity contribution >= 4 is 17.4 Å².